The van der Waals surface area contributed by atoms with Crippen LogP contribution in [0.3, 0.4) is 0 Å². The minimum Gasteiger partial charge on any atom is -0.397 e. The van der Waals surface area contributed by atoms with Gasteiger partial charge in [-0.05, 0) is 52.7 Å². The first-order chi connectivity index (χ1) is 14.6. The van der Waals surface area contributed by atoms with Crippen LogP contribution in [-0.2, 0) is 6.54 Å². The summed E-state index contributed by atoms with van der Waals surface area (Å²) in [6, 6.07) is 27.8. The van der Waals surface area contributed by atoms with E-state index in [1.165, 1.54) is 0 Å². The summed E-state index contributed by atoms with van der Waals surface area (Å²) in [7, 11) is 0. The molecule has 4 aromatic carbocycles. The maximum Gasteiger partial charge on any atom is 0.255 e. The van der Waals surface area contributed by atoms with Crippen LogP contribution < -0.4 is 16.4 Å². The van der Waals surface area contributed by atoms with E-state index in [2.05, 4.69) is 10.6 Å². The smallest absolute Gasteiger partial charge is 0.255 e. The van der Waals surface area contributed by atoms with Gasteiger partial charge < -0.3 is 16.4 Å². The maximum absolute atomic E-state index is 12.5. The number of hydrogen-bond acceptors (Lipinski definition) is 3. The molecule has 30 heavy (non-hydrogen) atoms. The van der Waals surface area contributed by atoms with Crippen molar-refractivity contribution in [1.29, 1.82) is 0 Å². The van der Waals surface area contributed by atoms with Crippen molar-refractivity contribution >= 4 is 34.0 Å². The Labute approximate surface area is 174 Å². The number of amides is 2. The van der Waals surface area contributed by atoms with Gasteiger partial charge in [0.1, 0.15) is 0 Å². The van der Waals surface area contributed by atoms with Crippen LogP contribution in [0.5, 0.6) is 0 Å². The highest BCUT2D eigenvalue weighted by atomic mass is 16.2. The first-order valence-electron chi connectivity index (χ1n) is 9.62. The minimum atomic E-state index is -0.236. The van der Waals surface area contributed by atoms with Crippen molar-refractivity contribution in [2.24, 2.45) is 0 Å². The van der Waals surface area contributed by atoms with Crippen LogP contribution in [0, 0.1) is 0 Å². The molecule has 0 heterocycles. The lowest BCUT2D eigenvalue weighted by atomic mass is 10.1. The van der Waals surface area contributed by atoms with E-state index in [-0.39, 0.29) is 11.8 Å². The molecule has 0 aromatic heterocycles. The van der Waals surface area contributed by atoms with E-state index in [9.17, 15) is 9.59 Å². The Morgan fingerprint density at radius 2 is 1.37 bits per heavy atom. The molecule has 5 heteroatoms. The molecule has 0 bridgehead atoms. The standard InChI is InChI=1S/C25H21N3O2/c26-22-7-3-4-8-23(22)28-25(30)19-11-9-17(10-12-19)16-27-24(29)21-14-13-18-5-1-2-6-20(18)15-21/h1-15H,16,26H2,(H,27,29)(H,28,30). The molecule has 0 spiro atoms. The molecule has 0 unspecified atom stereocenters. The Hall–Kier alpha value is -4.12. The lowest BCUT2D eigenvalue weighted by Gasteiger charge is -2.09. The monoisotopic (exact) mass is 395 g/mol. The summed E-state index contributed by atoms with van der Waals surface area (Å²) in [4.78, 5) is 24.9. The molecule has 148 valence electrons. The van der Waals surface area contributed by atoms with Crippen molar-refractivity contribution in [1.82, 2.24) is 5.32 Å². The van der Waals surface area contributed by atoms with Gasteiger partial charge in [-0.25, -0.2) is 0 Å². The zero-order valence-corrected chi connectivity index (χ0v) is 16.3. The number of rotatable bonds is 5. The van der Waals surface area contributed by atoms with Gasteiger partial charge in [-0.15, -0.1) is 0 Å². The molecule has 0 aliphatic rings. The fraction of sp³-hybridized carbons (Fsp3) is 0.0400. The largest absolute Gasteiger partial charge is 0.397 e. The summed E-state index contributed by atoms with van der Waals surface area (Å²) in [6.45, 7) is 0.374. The Balaban J connectivity index is 1.37. The predicted molar refractivity (Wildman–Crippen MR) is 120 cm³/mol. The Morgan fingerprint density at radius 3 is 2.13 bits per heavy atom. The summed E-state index contributed by atoms with van der Waals surface area (Å²) in [5, 5.41) is 7.84. The molecule has 0 atom stereocenters. The molecular weight excluding hydrogens is 374 g/mol. The van der Waals surface area contributed by atoms with E-state index in [1.807, 2.05) is 66.7 Å². The third kappa shape index (κ3) is 4.31. The summed E-state index contributed by atoms with van der Waals surface area (Å²) < 4.78 is 0. The van der Waals surface area contributed by atoms with Gasteiger partial charge in [0.2, 0.25) is 0 Å². The zero-order valence-electron chi connectivity index (χ0n) is 16.3. The number of para-hydroxylation sites is 2. The average molecular weight is 395 g/mol. The Kier molecular flexibility index (Phi) is 5.44. The van der Waals surface area contributed by atoms with Crippen LogP contribution in [0.1, 0.15) is 26.3 Å². The summed E-state index contributed by atoms with van der Waals surface area (Å²) >= 11 is 0. The molecule has 4 aromatic rings. The van der Waals surface area contributed by atoms with E-state index in [0.717, 1.165) is 16.3 Å². The fourth-order valence-corrected chi connectivity index (χ4v) is 3.19. The van der Waals surface area contributed by atoms with Gasteiger partial charge in [0, 0.05) is 17.7 Å². The van der Waals surface area contributed by atoms with Crippen molar-refractivity contribution < 1.29 is 9.59 Å². The molecule has 4 N–H and O–H groups in total. The maximum atomic E-state index is 12.5. The number of anilines is 2. The molecule has 0 saturated heterocycles. The molecule has 5 nitrogen and oxygen atoms in total. The molecule has 0 aliphatic carbocycles. The number of benzene rings is 4. The van der Waals surface area contributed by atoms with Crippen LogP contribution in [0.25, 0.3) is 10.8 Å². The third-order valence-corrected chi connectivity index (χ3v) is 4.89. The number of fused-ring (bicyclic) bond motifs is 1. The highest BCUT2D eigenvalue weighted by molar-refractivity contribution is 6.05. The molecule has 2 amide bonds. The summed E-state index contributed by atoms with van der Waals surface area (Å²) in [5.41, 5.74) is 8.99. The number of nitrogens with two attached hydrogens (primary N) is 1. The first-order valence-corrected chi connectivity index (χ1v) is 9.62. The third-order valence-electron chi connectivity index (χ3n) is 4.89. The van der Waals surface area contributed by atoms with Gasteiger partial charge in [0.05, 0.1) is 11.4 Å². The number of carbonyl (C=O) groups excluding carboxylic acids is 2. The lowest BCUT2D eigenvalue weighted by molar-refractivity contribution is 0.0950. The van der Waals surface area contributed by atoms with Crippen molar-refractivity contribution in [2.45, 2.75) is 6.54 Å². The second-order valence-corrected chi connectivity index (χ2v) is 6.98. The van der Waals surface area contributed by atoms with E-state index in [0.29, 0.717) is 29.0 Å². The van der Waals surface area contributed by atoms with Gasteiger partial charge in [-0.3, -0.25) is 9.59 Å². The van der Waals surface area contributed by atoms with E-state index < -0.39 is 0 Å². The molecular formula is C25H21N3O2. The predicted octanol–water partition coefficient (Wildman–Crippen LogP) is 4.60. The highest BCUT2D eigenvalue weighted by Crippen LogP contribution is 2.18. The van der Waals surface area contributed by atoms with Gasteiger partial charge in [0.25, 0.3) is 11.8 Å². The van der Waals surface area contributed by atoms with Crippen molar-refractivity contribution in [3.05, 3.63) is 108 Å². The number of hydrogen-bond donors (Lipinski definition) is 3. The van der Waals surface area contributed by atoms with Crippen molar-refractivity contribution in [2.75, 3.05) is 11.1 Å². The van der Waals surface area contributed by atoms with Gasteiger partial charge in [-0.2, -0.15) is 0 Å². The van der Waals surface area contributed by atoms with Crippen LogP contribution in [0.4, 0.5) is 11.4 Å². The van der Waals surface area contributed by atoms with E-state index in [1.54, 1.807) is 24.3 Å². The lowest BCUT2D eigenvalue weighted by Crippen LogP contribution is -2.22. The SMILES string of the molecule is Nc1ccccc1NC(=O)c1ccc(CNC(=O)c2ccc3ccccc3c2)cc1. The van der Waals surface area contributed by atoms with Crippen molar-refractivity contribution in [3.63, 3.8) is 0 Å². The Bertz CT molecular complexity index is 1220. The summed E-state index contributed by atoms with van der Waals surface area (Å²) in [5.74, 6) is -0.373. The minimum absolute atomic E-state index is 0.137. The topological polar surface area (TPSA) is 84.2 Å². The number of nitrogen functional groups attached to an aromatic ring is 1. The fourth-order valence-electron chi connectivity index (χ4n) is 3.19. The number of carbonyl (C=O) groups is 2. The van der Waals surface area contributed by atoms with Gasteiger partial charge in [0.15, 0.2) is 0 Å². The van der Waals surface area contributed by atoms with Crippen LogP contribution in [0.2, 0.25) is 0 Å². The average Bonchev–Trinajstić information content (AvgIpc) is 2.79. The van der Waals surface area contributed by atoms with E-state index >= 15 is 0 Å². The molecule has 4 rings (SSSR count). The second-order valence-electron chi connectivity index (χ2n) is 6.98. The quantitative estimate of drug-likeness (QED) is 0.432. The molecule has 0 radical (unpaired) electrons. The molecule has 0 fully saturated rings. The second kappa shape index (κ2) is 8.49. The van der Waals surface area contributed by atoms with Crippen molar-refractivity contribution in [3.8, 4) is 0 Å². The molecule has 0 saturated carbocycles. The van der Waals surface area contributed by atoms with Gasteiger partial charge >= 0.3 is 0 Å². The molecule has 0 aliphatic heterocycles. The van der Waals surface area contributed by atoms with Crippen LogP contribution in [0.15, 0.2) is 91.0 Å². The summed E-state index contributed by atoms with van der Waals surface area (Å²) in [6.07, 6.45) is 0. The number of nitrogens with one attached hydrogen (secondary N) is 2. The Morgan fingerprint density at radius 1 is 0.700 bits per heavy atom. The highest BCUT2D eigenvalue weighted by Gasteiger charge is 2.09. The zero-order chi connectivity index (χ0) is 20.9. The van der Waals surface area contributed by atoms with E-state index in [4.69, 9.17) is 5.73 Å². The van der Waals surface area contributed by atoms with Gasteiger partial charge in [-0.1, -0.05) is 54.6 Å². The van der Waals surface area contributed by atoms with Crippen LogP contribution in [-0.4, -0.2) is 11.8 Å². The van der Waals surface area contributed by atoms with Crippen LogP contribution >= 0.6 is 0 Å². The first kappa shape index (κ1) is 19.2. The normalized spacial score (nSPS) is 10.5.